The zero-order valence-electron chi connectivity index (χ0n) is 34.3. The Labute approximate surface area is 375 Å². The molecule has 12 aromatic rings. The minimum Gasteiger partial charge on any atom is -0.310 e. The van der Waals surface area contributed by atoms with Gasteiger partial charge < -0.3 is 4.90 Å². The fourth-order valence-corrected chi connectivity index (χ4v) is 11.7. The maximum absolute atomic E-state index is 2.52. The van der Waals surface area contributed by atoms with E-state index in [1.165, 1.54) is 96.0 Å². The van der Waals surface area contributed by atoms with Crippen molar-refractivity contribution >= 4 is 80.1 Å². The fourth-order valence-electron chi connectivity index (χ4n) is 9.18. The highest BCUT2D eigenvalue weighted by Crippen LogP contribution is 2.51. The molecule has 1 nitrogen and oxygen atoms in total. The minimum atomic E-state index is 1.11. The van der Waals surface area contributed by atoms with Gasteiger partial charge in [0.15, 0.2) is 0 Å². The fraction of sp³-hybridized carbons (Fsp3) is 0. The zero-order chi connectivity index (χ0) is 41.7. The second kappa shape index (κ2) is 15.7. The molecule has 0 bridgehead atoms. The Morgan fingerprint density at radius 1 is 0.270 bits per heavy atom. The van der Waals surface area contributed by atoms with Gasteiger partial charge in [0.2, 0.25) is 0 Å². The third-order valence-corrected chi connectivity index (χ3v) is 14.5. The highest BCUT2D eigenvalue weighted by molar-refractivity contribution is 7.26. The largest absolute Gasteiger partial charge is 0.310 e. The summed E-state index contributed by atoms with van der Waals surface area (Å²) in [4.78, 5) is 2.52. The van der Waals surface area contributed by atoms with Crippen molar-refractivity contribution in [2.45, 2.75) is 0 Å². The van der Waals surface area contributed by atoms with Crippen LogP contribution in [0.25, 0.3) is 96.0 Å². The van der Waals surface area contributed by atoms with Crippen LogP contribution in [0.5, 0.6) is 0 Å². The van der Waals surface area contributed by atoms with E-state index in [1.807, 2.05) is 22.7 Å². The van der Waals surface area contributed by atoms with E-state index in [-0.39, 0.29) is 0 Å². The third kappa shape index (κ3) is 6.79. The molecule has 0 aliphatic heterocycles. The van der Waals surface area contributed by atoms with Gasteiger partial charge in [-0.15, -0.1) is 22.7 Å². The van der Waals surface area contributed by atoms with Gasteiger partial charge in [0.05, 0.1) is 5.69 Å². The average molecular weight is 838 g/mol. The van der Waals surface area contributed by atoms with Crippen LogP contribution in [-0.2, 0) is 0 Å². The number of hydrogen-bond acceptors (Lipinski definition) is 3. The number of benzene rings is 10. The van der Waals surface area contributed by atoms with E-state index in [4.69, 9.17) is 0 Å². The Kier molecular flexibility index (Phi) is 9.29. The van der Waals surface area contributed by atoms with Gasteiger partial charge in [0.25, 0.3) is 0 Å². The number of hydrogen-bond donors (Lipinski definition) is 0. The molecule has 0 atom stereocenters. The van der Waals surface area contributed by atoms with Crippen molar-refractivity contribution in [3.8, 4) is 55.6 Å². The molecular formula is C60H39NS2. The monoisotopic (exact) mass is 837 g/mol. The van der Waals surface area contributed by atoms with Gasteiger partial charge in [-0.25, -0.2) is 0 Å². The molecule has 2 aromatic heterocycles. The predicted molar refractivity (Wildman–Crippen MR) is 274 cm³/mol. The maximum atomic E-state index is 2.52. The lowest BCUT2D eigenvalue weighted by Gasteiger charge is -2.28. The standard InChI is InChI=1S/C60H39NS2/c1-6-16-40(17-7-1)45-26-29-52-53-31-28-49(39-58(53)62-56(52)37-45)61(50-35-47(42-20-10-3-11-21-42)34-48(36-50)43-22-12-4-13-23-43)55-33-32-51(44-24-14-5-15-25-44)60-59(55)54-30-27-46(38-57(54)63-60)41-18-8-2-9-19-41/h1-39H. The van der Waals surface area contributed by atoms with E-state index in [9.17, 15) is 0 Å². The summed E-state index contributed by atoms with van der Waals surface area (Å²) in [7, 11) is 0. The van der Waals surface area contributed by atoms with Gasteiger partial charge in [-0.3, -0.25) is 0 Å². The quantitative estimate of drug-likeness (QED) is 0.147. The Balaban J connectivity index is 1.14. The summed E-state index contributed by atoms with van der Waals surface area (Å²) in [6, 6.07) is 86.7. The number of anilines is 3. The molecule has 12 rings (SSSR count). The molecule has 10 aromatic carbocycles. The smallest absolute Gasteiger partial charge is 0.0555 e. The maximum Gasteiger partial charge on any atom is 0.0555 e. The molecule has 0 saturated heterocycles. The zero-order valence-corrected chi connectivity index (χ0v) is 35.9. The molecule has 0 unspecified atom stereocenters. The van der Waals surface area contributed by atoms with Crippen molar-refractivity contribution in [3.05, 3.63) is 237 Å². The number of nitrogens with zero attached hydrogens (tertiary/aromatic N) is 1. The molecule has 0 amide bonds. The summed E-state index contributed by atoms with van der Waals surface area (Å²) >= 11 is 3.77. The molecule has 63 heavy (non-hydrogen) atoms. The summed E-state index contributed by atoms with van der Waals surface area (Å²) in [5, 5.41) is 5.08. The molecule has 2 heterocycles. The van der Waals surface area contributed by atoms with Crippen molar-refractivity contribution in [2.24, 2.45) is 0 Å². The van der Waals surface area contributed by atoms with Crippen LogP contribution in [0.1, 0.15) is 0 Å². The highest BCUT2D eigenvalue weighted by atomic mass is 32.1. The Morgan fingerprint density at radius 3 is 1.25 bits per heavy atom. The molecule has 0 spiro atoms. The lowest BCUT2D eigenvalue weighted by atomic mass is 9.96. The first-order valence-electron chi connectivity index (χ1n) is 21.4. The van der Waals surface area contributed by atoms with Crippen LogP contribution in [0, 0.1) is 0 Å². The van der Waals surface area contributed by atoms with E-state index in [2.05, 4.69) is 241 Å². The van der Waals surface area contributed by atoms with Crippen molar-refractivity contribution in [1.82, 2.24) is 0 Å². The highest BCUT2D eigenvalue weighted by Gasteiger charge is 2.23. The summed E-state index contributed by atoms with van der Waals surface area (Å²) < 4.78 is 5.11. The van der Waals surface area contributed by atoms with Gasteiger partial charge in [-0.05, 0) is 104 Å². The van der Waals surface area contributed by atoms with Gasteiger partial charge >= 0.3 is 0 Å². The van der Waals surface area contributed by atoms with Gasteiger partial charge in [-0.2, -0.15) is 0 Å². The molecule has 0 aliphatic rings. The Morgan fingerprint density at radius 2 is 0.714 bits per heavy atom. The first-order valence-corrected chi connectivity index (χ1v) is 23.0. The molecule has 0 saturated carbocycles. The lowest BCUT2D eigenvalue weighted by molar-refractivity contribution is 1.31. The summed E-state index contributed by atoms with van der Waals surface area (Å²) in [6.45, 7) is 0. The van der Waals surface area contributed by atoms with Crippen LogP contribution < -0.4 is 4.90 Å². The van der Waals surface area contributed by atoms with Gasteiger partial charge in [0.1, 0.15) is 0 Å². The van der Waals surface area contributed by atoms with Crippen molar-refractivity contribution in [1.29, 1.82) is 0 Å². The van der Waals surface area contributed by atoms with E-state index < -0.39 is 0 Å². The lowest BCUT2D eigenvalue weighted by Crippen LogP contribution is -2.11. The average Bonchev–Trinajstić information content (AvgIpc) is 3.93. The molecule has 0 aliphatic carbocycles. The molecule has 296 valence electrons. The Hall–Kier alpha value is -7.56. The molecule has 3 heteroatoms. The molecular weight excluding hydrogens is 799 g/mol. The van der Waals surface area contributed by atoms with E-state index in [0.29, 0.717) is 0 Å². The van der Waals surface area contributed by atoms with Crippen molar-refractivity contribution in [3.63, 3.8) is 0 Å². The van der Waals surface area contributed by atoms with Crippen LogP contribution in [-0.4, -0.2) is 0 Å². The second-order valence-electron chi connectivity index (χ2n) is 16.1. The van der Waals surface area contributed by atoms with Crippen LogP contribution in [0.3, 0.4) is 0 Å². The van der Waals surface area contributed by atoms with Crippen molar-refractivity contribution in [2.75, 3.05) is 4.90 Å². The third-order valence-electron chi connectivity index (χ3n) is 12.2. The van der Waals surface area contributed by atoms with Crippen molar-refractivity contribution < 1.29 is 0 Å². The second-order valence-corrected chi connectivity index (χ2v) is 18.2. The first kappa shape index (κ1) is 37.2. The number of rotatable bonds is 8. The Bertz CT molecular complexity index is 3540. The van der Waals surface area contributed by atoms with Crippen LogP contribution in [0.2, 0.25) is 0 Å². The van der Waals surface area contributed by atoms with Gasteiger partial charge in [0, 0.05) is 51.7 Å². The molecule has 0 N–H and O–H groups in total. The molecule has 0 fully saturated rings. The van der Waals surface area contributed by atoms with E-state index in [0.717, 1.165) is 17.1 Å². The van der Waals surface area contributed by atoms with Crippen LogP contribution in [0.15, 0.2) is 237 Å². The summed E-state index contributed by atoms with van der Waals surface area (Å²) in [5.74, 6) is 0. The summed E-state index contributed by atoms with van der Waals surface area (Å²) in [6.07, 6.45) is 0. The SMILES string of the molecule is c1ccc(-c2cc(-c3ccccc3)cc(N(c3ccc4c(c3)sc3cc(-c5ccccc5)ccc34)c3ccc(-c4ccccc4)c4sc5cc(-c6ccccc6)ccc5c34)c2)cc1. The van der Waals surface area contributed by atoms with Crippen LogP contribution in [0.4, 0.5) is 17.1 Å². The van der Waals surface area contributed by atoms with E-state index in [1.54, 1.807) is 0 Å². The van der Waals surface area contributed by atoms with Gasteiger partial charge in [-0.1, -0.05) is 188 Å². The normalized spacial score (nSPS) is 11.5. The predicted octanol–water partition coefficient (Wildman–Crippen LogP) is 18.2. The van der Waals surface area contributed by atoms with Crippen LogP contribution >= 0.6 is 22.7 Å². The number of thiophene rings is 2. The minimum absolute atomic E-state index is 1.11. The van der Waals surface area contributed by atoms with E-state index >= 15 is 0 Å². The summed E-state index contributed by atoms with van der Waals surface area (Å²) in [5.41, 5.74) is 15.5. The first-order chi connectivity index (χ1) is 31.2. The number of fused-ring (bicyclic) bond motifs is 6. The molecule has 0 radical (unpaired) electrons. The topological polar surface area (TPSA) is 3.24 Å².